The Kier molecular flexibility index (Phi) is 2.35. The van der Waals surface area contributed by atoms with Crippen LogP contribution in [0.5, 0.6) is 0 Å². The highest BCUT2D eigenvalue weighted by Crippen LogP contribution is 2.14. The molecule has 0 saturated heterocycles. The van der Waals surface area contributed by atoms with Gasteiger partial charge in [0.05, 0.1) is 0 Å². The molecular formula is C14H16N2. The number of nitrogens with zero attached hydrogens (tertiary/aromatic N) is 1. The maximum atomic E-state index is 4.07. The van der Waals surface area contributed by atoms with Crippen LogP contribution in [-0.4, -0.2) is 11.6 Å². The van der Waals surface area contributed by atoms with Crippen molar-refractivity contribution in [1.82, 2.24) is 9.88 Å². The molecule has 0 aliphatic rings. The molecule has 1 N–H and O–H groups in total. The van der Waals surface area contributed by atoms with Crippen LogP contribution < -0.4 is 16.0 Å². The first kappa shape index (κ1) is 10.6. The van der Waals surface area contributed by atoms with Gasteiger partial charge in [-0.1, -0.05) is 31.9 Å². The first-order chi connectivity index (χ1) is 7.56. The highest BCUT2D eigenvalue weighted by atomic mass is 14.9. The summed E-state index contributed by atoms with van der Waals surface area (Å²) >= 11 is 0. The summed E-state index contributed by atoms with van der Waals surface area (Å²) in [5, 5.41) is 7.34. The zero-order valence-corrected chi connectivity index (χ0v) is 9.80. The lowest BCUT2D eigenvalue weighted by Gasteiger charge is -2.04. The molecule has 0 amide bonds. The Bertz CT molecular complexity index is 662. The van der Waals surface area contributed by atoms with Gasteiger partial charge in [0.1, 0.15) is 0 Å². The minimum Gasteiger partial charge on any atom is -0.388 e. The van der Waals surface area contributed by atoms with E-state index in [1.165, 1.54) is 0 Å². The predicted molar refractivity (Wildman–Crippen MR) is 71.3 cm³/mol. The predicted octanol–water partition coefficient (Wildman–Crippen LogP) is 1.19. The SMILES string of the molecule is C=C(NC)c1ccc2c(=C)n(C)c(=C)c2c1. The molecule has 0 spiro atoms. The minimum absolute atomic E-state index is 0.913. The van der Waals surface area contributed by atoms with Gasteiger partial charge in [-0.05, 0) is 11.6 Å². The first-order valence-corrected chi connectivity index (χ1v) is 5.19. The Morgan fingerprint density at radius 3 is 2.44 bits per heavy atom. The third-order valence-corrected chi connectivity index (χ3v) is 3.10. The summed E-state index contributed by atoms with van der Waals surface area (Å²) in [5.41, 5.74) is 2.00. The van der Waals surface area contributed by atoms with Gasteiger partial charge in [-0.25, -0.2) is 0 Å². The van der Waals surface area contributed by atoms with Crippen molar-refractivity contribution in [3.63, 3.8) is 0 Å². The molecule has 0 saturated carbocycles. The summed E-state index contributed by atoms with van der Waals surface area (Å²) < 4.78 is 2.01. The summed E-state index contributed by atoms with van der Waals surface area (Å²) in [6.07, 6.45) is 0. The van der Waals surface area contributed by atoms with E-state index in [1.807, 2.05) is 18.7 Å². The van der Waals surface area contributed by atoms with E-state index in [0.717, 1.165) is 32.7 Å². The number of aromatic nitrogens is 1. The van der Waals surface area contributed by atoms with E-state index in [4.69, 9.17) is 0 Å². The van der Waals surface area contributed by atoms with Gasteiger partial charge in [-0.2, -0.15) is 0 Å². The molecule has 0 atom stereocenters. The van der Waals surface area contributed by atoms with Crippen LogP contribution in [-0.2, 0) is 7.05 Å². The number of fused-ring (bicyclic) bond motifs is 1. The van der Waals surface area contributed by atoms with Crippen molar-refractivity contribution in [3.8, 4) is 0 Å². The second kappa shape index (κ2) is 3.56. The Morgan fingerprint density at radius 2 is 1.81 bits per heavy atom. The van der Waals surface area contributed by atoms with E-state index in [2.05, 4.69) is 43.3 Å². The molecule has 0 radical (unpaired) electrons. The second-order valence-corrected chi connectivity index (χ2v) is 3.94. The molecule has 1 heterocycles. The number of nitrogens with one attached hydrogen (secondary N) is 1. The quantitative estimate of drug-likeness (QED) is 0.791. The molecule has 0 aliphatic carbocycles. The molecule has 82 valence electrons. The minimum atomic E-state index is 0.913. The Labute approximate surface area is 95.2 Å². The molecule has 2 rings (SSSR count). The van der Waals surface area contributed by atoms with Gasteiger partial charge in [0.25, 0.3) is 0 Å². The largest absolute Gasteiger partial charge is 0.388 e. The van der Waals surface area contributed by atoms with Crippen LogP contribution in [0.2, 0.25) is 0 Å². The van der Waals surface area contributed by atoms with E-state index >= 15 is 0 Å². The number of hydrogen-bond donors (Lipinski definition) is 1. The van der Waals surface area contributed by atoms with Gasteiger partial charge in [-0.15, -0.1) is 0 Å². The third kappa shape index (κ3) is 1.34. The lowest BCUT2D eigenvalue weighted by molar-refractivity contribution is 0.871. The second-order valence-electron chi connectivity index (χ2n) is 3.94. The number of benzene rings is 1. The van der Waals surface area contributed by atoms with Crippen LogP contribution in [0.1, 0.15) is 5.56 Å². The van der Waals surface area contributed by atoms with Gasteiger partial charge < -0.3 is 9.88 Å². The average Bonchev–Trinajstić information content (AvgIpc) is 2.53. The van der Waals surface area contributed by atoms with E-state index in [9.17, 15) is 0 Å². The average molecular weight is 212 g/mol. The van der Waals surface area contributed by atoms with Crippen LogP contribution in [0.3, 0.4) is 0 Å². The summed E-state index contributed by atoms with van der Waals surface area (Å²) in [6.45, 7) is 12.1. The lowest BCUT2D eigenvalue weighted by atomic mass is 10.1. The molecule has 2 aromatic rings. The zero-order chi connectivity index (χ0) is 11.9. The molecule has 0 bridgehead atoms. The van der Waals surface area contributed by atoms with Crippen LogP contribution in [0.25, 0.3) is 29.6 Å². The molecule has 2 nitrogen and oxygen atoms in total. The normalized spacial score (nSPS) is 10.6. The highest BCUT2D eigenvalue weighted by molar-refractivity contribution is 5.86. The van der Waals surface area contributed by atoms with E-state index in [1.54, 1.807) is 0 Å². The number of rotatable bonds is 2. The van der Waals surface area contributed by atoms with Gasteiger partial charge in [-0.3, -0.25) is 0 Å². The molecule has 1 aromatic carbocycles. The molecule has 1 aromatic heterocycles. The highest BCUT2D eigenvalue weighted by Gasteiger charge is 2.04. The van der Waals surface area contributed by atoms with E-state index < -0.39 is 0 Å². The van der Waals surface area contributed by atoms with Gasteiger partial charge in [0, 0.05) is 41.3 Å². The summed E-state index contributed by atoms with van der Waals surface area (Å²) in [4.78, 5) is 0. The van der Waals surface area contributed by atoms with Crippen molar-refractivity contribution in [1.29, 1.82) is 0 Å². The van der Waals surface area contributed by atoms with Crippen LogP contribution in [0.15, 0.2) is 24.8 Å². The van der Waals surface area contributed by atoms with Crippen molar-refractivity contribution in [2.45, 2.75) is 0 Å². The summed E-state index contributed by atoms with van der Waals surface area (Å²) in [7, 11) is 3.85. The van der Waals surface area contributed by atoms with Crippen molar-refractivity contribution in [3.05, 3.63) is 41.0 Å². The molecule has 16 heavy (non-hydrogen) atoms. The van der Waals surface area contributed by atoms with Gasteiger partial charge in [0.15, 0.2) is 0 Å². The maximum absolute atomic E-state index is 4.07. The Hall–Kier alpha value is -1.96. The first-order valence-electron chi connectivity index (χ1n) is 5.19. The van der Waals surface area contributed by atoms with Crippen molar-refractivity contribution < 1.29 is 0 Å². The molecular weight excluding hydrogens is 196 g/mol. The van der Waals surface area contributed by atoms with Crippen molar-refractivity contribution >= 4 is 29.6 Å². The molecule has 0 fully saturated rings. The number of hydrogen-bond acceptors (Lipinski definition) is 1. The van der Waals surface area contributed by atoms with Crippen molar-refractivity contribution in [2.24, 2.45) is 7.05 Å². The molecule has 0 aliphatic heterocycles. The summed E-state index contributed by atoms with van der Waals surface area (Å²) in [5.74, 6) is 0. The maximum Gasteiger partial charge on any atom is 0.0415 e. The Morgan fingerprint density at radius 1 is 1.19 bits per heavy atom. The fourth-order valence-corrected chi connectivity index (χ4v) is 1.89. The standard InChI is InChI=1S/C14H16N2/c1-9(15-4)12-6-7-13-10(2)16(5)11(3)14(13)8-12/h6-8,15H,1-3H2,4-5H3. The fourth-order valence-electron chi connectivity index (χ4n) is 1.89. The smallest absolute Gasteiger partial charge is 0.0415 e. The van der Waals surface area contributed by atoms with Gasteiger partial charge in [0.2, 0.25) is 0 Å². The zero-order valence-electron chi connectivity index (χ0n) is 9.80. The lowest BCUT2D eigenvalue weighted by Crippen LogP contribution is -2.20. The molecule has 2 heteroatoms. The third-order valence-electron chi connectivity index (χ3n) is 3.10. The summed E-state index contributed by atoms with van der Waals surface area (Å²) in [6, 6.07) is 6.23. The van der Waals surface area contributed by atoms with Crippen LogP contribution >= 0.6 is 0 Å². The van der Waals surface area contributed by atoms with Crippen molar-refractivity contribution in [2.75, 3.05) is 7.05 Å². The van der Waals surface area contributed by atoms with E-state index in [-0.39, 0.29) is 0 Å². The Balaban J connectivity index is 2.82. The topological polar surface area (TPSA) is 17.0 Å². The monoisotopic (exact) mass is 212 g/mol. The van der Waals surface area contributed by atoms with Crippen LogP contribution in [0.4, 0.5) is 0 Å². The van der Waals surface area contributed by atoms with Gasteiger partial charge >= 0.3 is 0 Å². The fraction of sp³-hybridized carbons (Fsp3) is 0.143. The molecule has 0 unspecified atom stereocenters. The van der Waals surface area contributed by atoms with Crippen LogP contribution in [0, 0.1) is 0 Å². The van der Waals surface area contributed by atoms with E-state index in [0.29, 0.717) is 0 Å².